The average molecular weight is 441 g/mol. The molecule has 1 atom stereocenters. The Kier molecular flexibility index (Phi) is 6.25. The highest BCUT2D eigenvalue weighted by molar-refractivity contribution is 6.30. The standard InChI is InChI=1S/C23H25ClN4O3/c1-15-4-6-17(7-5-15)21-25-22(31-26-21)16(2)27-10-12-28(13-11-27)23(29)19-9-8-18(24)14-20(19)30-3/h4-9,14,16H,10-13H2,1-3H3. The van der Waals surface area contributed by atoms with Crippen molar-refractivity contribution in [2.24, 2.45) is 0 Å². The van der Waals surface area contributed by atoms with Gasteiger partial charge in [-0.1, -0.05) is 46.6 Å². The van der Waals surface area contributed by atoms with Crippen LogP contribution in [0.15, 0.2) is 47.0 Å². The van der Waals surface area contributed by atoms with Crippen molar-refractivity contribution in [3.63, 3.8) is 0 Å². The fraction of sp³-hybridized carbons (Fsp3) is 0.348. The van der Waals surface area contributed by atoms with Gasteiger partial charge in [0.05, 0.1) is 18.7 Å². The predicted octanol–water partition coefficient (Wildman–Crippen LogP) is 4.23. The first-order chi connectivity index (χ1) is 15.0. The third-order valence-electron chi connectivity index (χ3n) is 5.65. The molecule has 1 fully saturated rings. The fourth-order valence-corrected chi connectivity index (χ4v) is 3.87. The maximum atomic E-state index is 13.0. The summed E-state index contributed by atoms with van der Waals surface area (Å²) in [4.78, 5) is 21.6. The Morgan fingerprint density at radius 2 is 1.84 bits per heavy atom. The number of nitrogens with zero attached hydrogens (tertiary/aromatic N) is 4. The summed E-state index contributed by atoms with van der Waals surface area (Å²) in [5.74, 6) is 1.60. The molecule has 0 spiro atoms. The highest BCUT2D eigenvalue weighted by atomic mass is 35.5. The van der Waals surface area contributed by atoms with Crippen molar-refractivity contribution in [3.05, 3.63) is 64.5 Å². The maximum absolute atomic E-state index is 13.0. The van der Waals surface area contributed by atoms with Crippen molar-refractivity contribution < 1.29 is 14.1 Å². The molecule has 0 bridgehead atoms. The quantitative estimate of drug-likeness (QED) is 0.591. The van der Waals surface area contributed by atoms with Crippen molar-refractivity contribution in [3.8, 4) is 17.1 Å². The molecule has 162 valence electrons. The smallest absolute Gasteiger partial charge is 0.257 e. The molecule has 0 saturated carbocycles. The van der Waals surface area contributed by atoms with Gasteiger partial charge in [-0.05, 0) is 32.0 Å². The number of carbonyl (C=O) groups is 1. The number of amides is 1. The van der Waals surface area contributed by atoms with Gasteiger partial charge in [-0.15, -0.1) is 0 Å². The molecule has 2 aromatic carbocycles. The molecule has 0 N–H and O–H groups in total. The minimum absolute atomic E-state index is 0.0333. The summed E-state index contributed by atoms with van der Waals surface area (Å²) in [5, 5.41) is 4.68. The van der Waals surface area contributed by atoms with Crippen LogP contribution in [0.1, 0.15) is 34.8 Å². The normalized spacial score (nSPS) is 15.7. The number of rotatable bonds is 5. The minimum Gasteiger partial charge on any atom is -0.496 e. The Labute approximate surface area is 186 Å². The van der Waals surface area contributed by atoms with Crippen LogP contribution in [0.3, 0.4) is 0 Å². The number of halogens is 1. The molecule has 1 amide bonds. The number of piperazine rings is 1. The van der Waals surface area contributed by atoms with E-state index in [1.165, 1.54) is 12.7 Å². The second-order valence-electron chi connectivity index (χ2n) is 7.67. The fourth-order valence-electron chi connectivity index (χ4n) is 3.71. The molecule has 1 saturated heterocycles. The van der Waals surface area contributed by atoms with Crippen LogP contribution < -0.4 is 4.74 Å². The van der Waals surface area contributed by atoms with Crippen LogP contribution in [0.25, 0.3) is 11.4 Å². The molecule has 7 nitrogen and oxygen atoms in total. The van der Waals surface area contributed by atoms with Crippen molar-refractivity contribution in [2.75, 3.05) is 33.3 Å². The summed E-state index contributed by atoms with van der Waals surface area (Å²) < 4.78 is 10.9. The number of ether oxygens (including phenoxy) is 1. The first-order valence-corrected chi connectivity index (χ1v) is 10.6. The van der Waals surface area contributed by atoms with Gasteiger partial charge < -0.3 is 14.2 Å². The van der Waals surface area contributed by atoms with E-state index >= 15 is 0 Å². The zero-order valence-corrected chi connectivity index (χ0v) is 18.6. The zero-order valence-electron chi connectivity index (χ0n) is 17.8. The van der Waals surface area contributed by atoms with Crippen LogP contribution in [-0.2, 0) is 0 Å². The van der Waals surface area contributed by atoms with Crippen LogP contribution in [0, 0.1) is 6.92 Å². The highest BCUT2D eigenvalue weighted by Crippen LogP contribution is 2.27. The topological polar surface area (TPSA) is 71.7 Å². The Hall–Kier alpha value is -2.90. The Balaban J connectivity index is 1.40. The number of aromatic nitrogens is 2. The molecule has 0 radical (unpaired) electrons. The average Bonchev–Trinajstić information content (AvgIpc) is 3.29. The summed E-state index contributed by atoms with van der Waals surface area (Å²) in [6.07, 6.45) is 0. The minimum atomic E-state index is -0.0553. The molecule has 8 heteroatoms. The number of benzene rings is 2. The van der Waals surface area contributed by atoms with Gasteiger partial charge in [0, 0.05) is 36.8 Å². The molecular formula is C23H25ClN4O3. The summed E-state index contributed by atoms with van der Waals surface area (Å²) in [6, 6.07) is 13.1. The second kappa shape index (κ2) is 9.08. The summed E-state index contributed by atoms with van der Waals surface area (Å²) in [5.41, 5.74) is 2.64. The first-order valence-electron chi connectivity index (χ1n) is 10.2. The van der Waals surface area contributed by atoms with Gasteiger partial charge in [-0.3, -0.25) is 9.69 Å². The van der Waals surface area contributed by atoms with Crippen LogP contribution in [0.2, 0.25) is 5.02 Å². The first kappa shape index (κ1) is 21.3. The van der Waals surface area contributed by atoms with E-state index in [9.17, 15) is 4.79 Å². The molecule has 31 heavy (non-hydrogen) atoms. The van der Waals surface area contributed by atoms with Gasteiger partial charge in [-0.2, -0.15) is 4.98 Å². The van der Waals surface area contributed by atoms with Crippen LogP contribution >= 0.6 is 11.6 Å². The largest absolute Gasteiger partial charge is 0.496 e. The van der Waals surface area contributed by atoms with Crippen molar-refractivity contribution in [2.45, 2.75) is 19.9 Å². The van der Waals surface area contributed by atoms with Gasteiger partial charge in [0.1, 0.15) is 5.75 Å². The van der Waals surface area contributed by atoms with Crippen molar-refractivity contribution in [1.29, 1.82) is 0 Å². The zero-order chi connectivity index (χ0) is 22.0. The molecule has 4 rings (SSSR count). The number of carbonyl (C=O) groups excluding carboxylic acids is 1. The van der Waals surface area contributed by atoms with Gasteiger partial charge in [-0.25, -0.2) is 0 Å². The van der Waals surface area contributed by atoms with Crippen molar-refractivity contribution >= 4 is 17.5 Å². The SMILES string of the molecule is COc1cc(Cl)ccc1C(=O)N1CCN(C(C)c2nc(-c3ccc(C)cc3)no2)CC1. The predicted molar refractivity (Wildman–Crippen MR) is 118 cm³/mol. The molecular weight excluding hydrogens is 416 g/mol. The van der Waals surface area contributed by atoms with Crippen LogP contribution in [-0.4, -0.2) is 59.1 Å². The molecule has 1 aromatic heterocycles. The lowest BCUT2D eigenvalue weighted by molar-refractivity contribution is 0.0549. The van der Waals surface area contributed by atoms with E-state index in [0.29, 0.717) is 54.2 Å². The van der Waals surface area contributed by atoms with E-state index in [2.05, 4.69) is 15.0 Å². The Morgan fingerprint density at radius 3 is 2.52 bits per heavy atom. The monoisotopic (exact) mass is 440 g/mol. The van der Waals surface area contributed by atoms with Gasteiger partial charge in [0.2, 0.25) is 11.7 Å². The number of methoxy groups -OCH3 is 1. The van der Waals surface area contributed by atoms with E-state index < -0.39 is 0 Å². The van der Waals surface area contributed by atoms with E-state index in [-0.39, 0.29) is 11.9 Å². The molecule has 0 aliphatic carbocycles. The van der Waals surface area contributed by atoms with Gasteiger partial charge >= 0.3 is 0 Å². The summed E-state index contributed by atoms with van der Waals surface area (Å²) >= 11 is 6.01. The lowest BCUT2D eigenvalue weighted by atomic mass is 10.1. The van der Waals surface area contributed by atoms with Crippen LogP contribution in [0.5, 0.6) is 5.75 Å². The van der Waals surface area contributed by atoms with E-state index in [4.69, 9.17) is 20.9 Å². The van der Waals surface area contributed by atoms with Gasteiger partial charge in [0.15, 0.2) is 0 Å². The number of hydrogen-bond acceptors (Lipinski definition) is 6. The summed E-state index contributed by atoms with van der Waals surface area (Å²) in [6.45, 7) is 6.73. The third-order valence-corrected chi connectivity index (χ3v) is 5.89. The van der Waals surface area contributed by atoms with E-state index in [1.54, 1.807) is 18.2 Å². The number of aryl methyl sites for hydroxylation is 1. The number of hydrogen-bond donors (Lipinski definition) is 0. The lowest BCUT2D eigenvalue weighted by Gasteiger charge is -2.37. The Morgan fingerprint density at radius 1 is 1.13 bits per heavy atom. The molecule has 1 aliphatic heterocycles. The maximum Gasteiger partial charge on any atom is 0.257 e. The Bertz CT molecular complexity index is 1060. The summed E-state index contributed by atoms with van der Waals surface area (Å²) in [7, 11) is 1.54. The third kappa shape index (κ3) is 4.57. The lowest BCUT2D eigenvalue weighted by Crippen LogP contribution is -2.49. The van der Waals surface area contributed by atoms with Gasteiger partial charge in [0.25, 0.3) is 5.91 Å². The second-order valence-corrected chi connectivity index (χ2v) is 8.11. The molecule has 2 heterocycles. The highest BCUT2D eigenvalue weighted by Gasteiger charge is 2.29. The van der Waals surface area contributed by atoms with E-state index in [1.807, 2.05) is 43.0 Å². The molecule has 3 aromatic rings. The van der Waals surface area contributed by atoms with E-state index in [0.717, 1.165) is 5.56 Å². The van der Waals surface area contributed by atoms with Crippen molar-refractivity contribution in [1.82, 2.24) is 19.9 Å². The van der Waals surface area contributed by atoms with Crippen LogP contribution in [0.4, 0.5) is 0 Å². The molecule has 1 unspecified atom stereocenters. The molecule has 1 aliphatic rings.